The molecule has 0 saturated heterocycles. The van der Waals surface area contributed by atoms with Crippen molar-refractivity contribution in [3.63, 3.8) is 0 Å². The number of alkyl halides is 1. The van der Waals surface area contributed by atoms with Crippen LogP contribution in [0.2, 0.25) is 0 Å². The molecule has 1 aromatic rings. The van der Waals surface area contributed by atoms with Crippen LogP contribution in [0.4, 0.5) is 0 Å². The number of aromatic amines is 1. The molecule has 3 nitrogen and oxygen atoms in total. The minimum Gasteiger partial charge on any atom is -0.454 e. The van der Waals surface area contributed by atoms with E-state index in [1.807, 2.05) is 12.1 Å². The summed E-state index contributed by atoms with van der Waals surface area (Å²) in [5.41, 5.74) is 1.13. The van der Waals surface area contributed by atoms with Gasteiger partial charge >= 0.3 is 5.97 Å². The molecule has 0 aliphatic carbocycles. The summed E-state index contributed by atoms with van der Waals surface area (Å²) >= 11 is 3.00. The average Bonchev–Trinajstić information content (AvgIpc) is 2.40. The number of hydrogen-bond acceptors (Lipinski definition) is 2. The number of hydrogen-bond donors (Lipinski definition) is 1. The van der Waals surface area contributed by atoms with Crippen LogP contribution in [-0.4, -0.2) is 16.5 Å². The Morgan fingerprint density at radius 3 is 3.09 bits per heavy atom. The zero-order valence-electron chi connectivity index (χ0n) is 5.84. The molecule has 0 atom stereocenters. The molecule has 0 unspecified atom stereocenters. The van der Waals surface area contributed by atoms with E-state index in [0.29, 0.717) is 6.42 Å². The first-order valence-corrected chi connectivity index (χ1v) is 4.29. The molecule has 0 aliphatic rings. The maximum Gasteiger partial charge on any atom is 0.312 e. The Morgan fingerprint density at radius 1 is 1.73 bits per heavy atom. The number of aromatic nitrogens is 1. The van der Waals surface area contributed by atoms with Crippen LogP contribution in [-0.2, 0) is 16.0 Å². The van der Waals surface area contributed by atoms with Crippen LogP contribution in [0.15, 0.2) is 18.3 Å². The zero-order chi connectivity index (χ0) is 8.10. The summed E-state index contributed by atoms with van der Waals surface area (Å²) in [6, 6.07) is 3.69. The van der Waals surface area contributed by atoms with Crippen LogP contribution in [0.25, 0.3) is 0 Å². The number of ether oxygens (including phenoxy) is 1. The normalized spacial score (nSPS) is 9.55. The van der Waals surface area contributed by atoms with E-state index < -0.39 is 0 Å². The van der Waals surface area contributed by atoms with Gasteiger partial charge in [0.2, 0.25) is 0 Å². The van der Waals surface area contributed by atoms with Crippen LogP contribution in [0.3, 0.4) is 0 Å². The van der Waals surface area contributed by atoms with E-state index in [9.17, 15) is 4.79 Å². The molecule has 0 aromatic carbocycles. The second-order valence-corrected chi connectivity index (χ2v) is 2.46. The van der Waals surface area contributed by atoms with Gasteiger partial charge in [0.1, 0.15) is 5.52 Å². The summed E-state index contributed by atoms with van der Waals surface area (Å²) in [4.78, 5) is 13.7. The molecule has 11 heavy (non-hydrogen) atoms. The summed E-state index contributed by atoms with van der Waals surface area (Å²) in [7, 11) is 0. The lowest BCUT2D eigenvalue weighted by molar-refractivity contribution is -0.140. The fourth-order valence-corrected chi connectivity index (χ4v) is 1.00. The van der Waals surface area contributed by atoms with Crippen molar-refractivity contribution < 1.29 is 9.53 Å². The fourth-order valence-electron chi connectivity index (χ4n) is 0.745. The summed E-state index contributed by atoms with van der Waals surface area (Å²) in [5, 5.41) is 0. The first-order chi connectivity index (χ1) is 5.33. The topological polar surface area (TPSA) is 42.1 Å². The number of esters is 1. The van der Waals surface area contributed by atoms with Crippen LogP contribution in [0, 0.1) is 0 Å². The third kappa shape index (κ3) is 2.76. The van der Waals surface area contributed by atoms with Gasteiger partial charge in [0.05, 0.1) is 6.42 Å². The third-order valence-corrected chi connectivity index (χ3v) is 1.44. The summed E-state index contributed by atoms with van der Waals surface area (Å²) in [6.07, 6.45) is 2.08. The third-order valence-electron chi connectivity index (χ3n) is 1.21. The largest absolute Gasteiger partial charge is 0.454 e. The molecule has 0 amide bonds. The molecule has 0 spiro atoms. The van der Waals surface area contributed by atoms with Gasteiger partial charge in [0, 0.05) is 11.9 Å². The van der Waals surface area contributed by atoms with Gasteiger partial charge in [-0.1, -0.05) is 0 Å². The Balaban J connectivity index is 2.37. The summed E-state index contributed by atoms with van der Waals surface area (Å²) in [5.74, 6) is -0.232. The SMILES string of the molecule is O=C(Cc1ccc[nH]1)OCBr. The minimum atomic E-state index is -0.232. The second kappa shape index (κ2) is 4.18. The molecule has 0 bridgehead atoms. The number of H-pyrrole nitrogens is 1. The lowest BCUT2D eigenvalue weighted by atomic mass is 10.3. The van der Waals surface area contributed by atoms with Crippen molar-refractivity contribution in [3.8, 4) is 0 Å². The second-order valence-electron chi connectivity index (χ2n) is 2.00. The first-order valence-electron chi connectivity index (χ1n) is 3.17. The lowest BCUT2D eigenvalue weighted by Gasteiger charge is -1.97. The number of carbonyl (C=O) groups is 1. The van der Waals surface area contributed by atoms with Crippen molar-refractivity contribution in [2.75, 3.05) is 5.52 Å². The maximum absolute atomic E-state index is 10.8. The molecule has 1 rings (SSSR count). The monoisotopic (exact) mass is 217 g/mol. The molecular weight excluding hydrogens is 210 g/mol. The van der Waals surface area contributed by atoms with Gasteiger partial charge in [0.15, 0.2) is 0 Å². The molecule has 0 saturated carbocycles. The van der Waals surface area contributed by atoms with Gasteiger partial charge in [-0.2, -0.15) is 0 Å². The fraction of sp³-hybridized carbons (Fsp3) is 0.286. The van der Waals surface area contributed by atoms with E-state index in [4.69, 9.17) is 0 Å². The highest BCUT2D eigenvalue weighted by Crippen LogP contribution is 1.97. The van der Waals surface area contributed by atoms with Gasteiger partial charge in [0.25, 0.3) is 0 Å². The molecule has 60 valence electrons. The molecule has 1 aromatic heterocycles. The Bertz CT molecular complexity index is 220. The van der Waals surface area contributed by atoms with Crippen molar-refractivity contribution in [2.24, 2.45) is 0 Å². The van der Waals surface area contributed by atoms with Gasteiger partial charge in [-0.3, -0.25) is 4.79 Å². The smallest absolute Gasteiger partial charge is 0.312 e. The highest BCUT2D eigenvalue weighted by atomic mass is 79.9. The molecule has 4 heteroatoms. The molecule has 1 heterocycles. The van der Waals surface area contributed by atoms with Gasteiger partial charge < -0.3 is 9.72 Å². The Morgan fingerprint density at radius 2 is 2.55 bits per heavy atom. The first kappa shape index (κ1) is 8.33. The van der Waals surface area contributed by atoms with E-state index in [-0.39, 0.29) is 11.5 Å². The highest BCUT2D eigenvalue weighted by molar-refractivity contribution is 9.09. The van der Waals surface area contributed by atoms with Crippen molar-refractivity contribution in [1.29, 1.82) is 0 Å². The van der Waals surface area contributed by atoms with E-state index in [1.54, 1.807) is 6.20 Å². The van der Waals surface area contributed by atoms with Crippen LogP contribution < -0.4 is 0 Å². The summed E-state index contributed by atoms with van der Waals surface area (Å²) in [6.45, 7) is 0. The molecule has 1 N–H and O–H groups in total. The van der Waals surface area contributed by atoms with Crippen molar-refractivity contribution >= 4 is 21.9 Å². The Hall–Kier alpha value is -0.770. The van der Waals surface area contributed by atoms with Crippen LogP contribution >= 0.6 is 15.9 Å². The van der Waals surface area contributed by atoms with Gasteiger partial charge in [-0.15, -0.1) is 0 Å². The molecule has 0 aliphatic heterocycles. The standard InChI is InChI=1S/C7H8BrNO2/c8-5-11-7(10)4-6-2-1-3-9-6/h1-3,9H,4-5H2. The van der Waals surface area contributed by atoms with Crippen molar-refractivity contribution in [2.45, 2.75) is 6.42 Å². The Kier molecular flexibility index (Phi) is 3.16. The molecule has 0 radical (unpaired) electrons. The van der Waals surface area contributed by atoms with Crippen molar-refractivity contribution in [3.05, 3.63) is 24.0 Å². The zero-order valence-corrected chi connectivity index (χ0v) is 7.43. The number of nitrogens with one attached hydrogen (secondary N) is 1. The number of carbonyl (C=O) groups excluding carboxylic acids is 1. The molecular formula is C7H8BrNO2. The maximum atomic E-state index is 10.8. The molecule has 0 fully saturated rings. The Labute approximate surface area is 72.9 Å². The lowest BCUT2D eigenvalue weighted by Crippen LogP contribution is -2.06. The minimum absolute atomic E-state index is 0.232. The van der Waals surface area contributed by atoms with Crippen LogP contribution in [0.1, 0.15) is 5.69 Å². The predicted octanol–water partition coefficient (Wildman–Crippen LogP) is 1.45. The van der Waals surface area contributed by atoms with Gasteiger partial charge in [-0.05, 0) is 28.1 Å². The number of rotatable bonds is 3. The van der Waals surface area contributed by atoms with E-state index in [0.717, 1.165) is 5.69 Å². The predicted molar refractivity (Wildman–Crippen MR) is 44.4 cm³/mol. The van der Waals surface area contributed by atoms with E-state index >= 15 is 0 Å². The van der Waals surface area contributed by atoms with Gasteiger partial charge in [-0.25, -0.2) is 0 Å². The highest BCUT2D eigenvalue weighted by Gasteiger charge is 2.02. The van der Waals surface area contributed by atoms with Crippen molar-refractivity contribution in [1.82, 2.24) is 4.98 Å². The van der Waals surface area contributed by atoms with Crippen LogP contribution in [0.5, 0.6) is 0 Å². The van der Waals surface area contributed by atoms with E-state index in [2.05, 4.69) is 25.7 Å². The quantitative estimate of drug-likeness (QED) is 0.616. The van der Waals surface area contributed by atoms with E-state index in [1.165, 1.54) is 0 Å². The summed E-state index contributed by atoms with van der Waals surface area (Å²) < 4.78 is 4.67. The average molecular weight is 218 g/mol. The number of halogens is 1.